The van der Waals surface area contributed by atoms with Crippen LogP contribution in [0.1, 0.15) is 10.4 Å². The van der Waals surface area contributed by atoms with E-state index in [2.05, 4.69) is 10.2 Å². The summed E-state index contributed by atoms with van der Waals surface area (Å²) in [7, 11) is 3.78. The fourth-order valence-electron chi connectivity index (χ4n) is 1.25. The van der Waals surface area contributed by atoms with Crippen LogP contribution in [-0.4, -0.2) is 35.4 Å². The molecule has 0 bridgehead atoms. The number of carboxylic acid groups (broad SMARTS) is 1. The third-order valence-electron chi connectivity index (χ3n) is 2.09. The van der Waals surface area contributed by atoms with Gasteiger partial charge in [0.25, 0.3) is 0 Å². The topological polar surface area (TPSA) is 66.3 Å². The molecule has 0 spiro atoms. The van der Waals surface area contributed by atoms with Crippen LogP contribution in [0.15, 0.2) is 33.5 Å². The summed E-state index contributed by atoms with van der Waals surface area (Å²) in [5, 5.41) is 17.9. The maximum absolute atomic E-state index is 11.1. The standard InChI is InChI=1S/C11H11N3O2S2/c1-14(2)10-12-13-11(18-10)17-8-6-4-3-5-7(8)9(15)16/h3-6H,1-2H3,(H,15,16). The summed E-state index contributed by atoms with van der Waals surface area (Å²) < 4.78 is 0.729. The maximum atomic E-state index is 11.1. The first kappa shape index (κ1) is 12.8. The van der Waals surface area contributed by atoms with Crippen LogP contribution >= 0.6 is 23.1 Å². The highest BCUT2D eigenvalue weighted by molar-refractivity contribution is 8.01. The Morgan fingerprint density at radius 3 is 2.67 bits per heavy atom. The molecule has 0 aliphatic rings. The van der Waals surface area contributed by atoms with Gasteiger partial charge < -0.3 is 10.0 Å². The lowest BCUT2D eigenvalue weighted by atomic mass is 10.2. The normalized spacial score (nSPS) is 10.3. The molecule has 2 aromatic rings. The summed E-state index contributed by atoms with van der Waals surface area (Å²) in [6.07, 6.45) is 0. The molecule has 1 aromatic carbocycles. The molecule has 0 saturated carbocycles. The van der Waals surface area contributed by atoms with Crippen LogP contribution < -0.4 is 4.90 Å². The Morgan fingerprint density at radius 2 is 2.06 bits per heavy atom. The van der Waals surface area contributed by atoms with E-state index in [4.69, 9.17) is 5.11 Å². The molecule has 0 fully saturated rings. The zero-order chi connectivity index (χ0) is 13.1. The molecule has 1 aromatic heterocycles. The van der Waals surface area contributed by atoms with E-state index in [1.807, 2.05) is 25.1 Å². The van der Waals surface area contributed by atoms with Gasteiger partial charge in [0.1, 0.15) is 0 Å². The highest BCUT2D eigenvalue weighted by Gasteiger charge is 2.13. The second kappa shape index (κ2) is 5.36. The minimum absolute atomic E-state index is 0.282. The van der Waals surface area contributed by atoms with Crippen LogP contribution in [0, 0.1) is 0 Å². The average Bonchev–Trinajstić information content (AvgIpc) is 2.78. The number of benzene rings is 1. The van der Waals surface area contributed by atoms with Crippen molar-refractivity contribution in [2.24, 2.45) is 0 Å². The van der Waals surface area contributed by atoms with E-state index in [0.717, 1.165) is 9.47 Å². The second-order valence-corrected chi connectivity index (χ2v) is 5.89. The lowest BCUT2D eigenvalue weighted by molar-refractivity contribution is 0.0693. The van der Waals surface area contributed by atoms with Gasteiger partial charge >= 0.3 is 5.97 Å². The summed E-state index contributed by atoms with van der Waals surface area (Å²) in [6.45, 7) is 0. The van der Waals surface area contributed by atoms with Crippen LogP contribution in [0.2, 0.25) is 0 Å². The van der Waals surface area contributed by atoms with Gasteiger partial charge in [-0.25, -0.2) is 4.79 Å². The fourth-order valence-corrected chi connectivity index (χ4v) is 3.09. The van der Waals surface area contributed by atoms with Crippen molar-refractivity contribution < 1.29 is 9.90 Å². The first-order chi connectivity index (χ1) is 8.58. The second-order valence-electron chi connectivity index (χ2n) is 3.65. The summed E-state index contributed by atoms with van der Waals surface area (Å²) in [6, 6.07) is 6.87. The molecular weight excluding hydrogens is 270 g/mol. The van der Waals surface area contributed by atoms with Gasteiger partial charge in [0.15, 0.2) is 4.34 Å². The molecule has 0 aliphatic carbocycles. The minimum atomic E-state index is -0.935. The van der Waals surface area contributed by atoms with E-state index in [9.17, 15) is 4.79 Å². The van der Waals surface area contributed by atoms with Crippen LogP contribution in [0.25, 0.3) is 0 Å². The zero-order valence-electron chi connectivity index (χ0n) is 9.82. The molecule has 7 heteroatoms. The highest BCUT2D eigenvalue weighted by atomic mass is 32.2. The number of carbonyl (C=O) groups is 1. The fraction of sp³-hybridized carbons (Fsp3) is 0.182. The Kier molecular flexibility index (Phi) is 3.83. The maximum Gasteiger partial charge on any atom is 0.336 e. The molecule has 2 rings (SSSR count). The highest BCUT2D eigenvalue weighted by Crippen LogP contribution is 2.34. The molecule has 5 nitrogen and oxygen atoms in total. The van der Waals surface area contributed by atoms with Crippen LogP contribution in [0.4, 0.5) is 5.13 Å². The molecule has 0 radical (unpaired) electrons. The Bertz CT molecular complexity index is 569. The lowest BCUT2D eigenvalue weighted by Gasteiger charge is -2.04. The molecule has 94 valence electrons. The van der Waals surface area contributed by atoms with E-state index in [-0.39, 0.29) is 5.56 Å². The predicted octanol–water partition coefficient (Wildman–Crippen LogP) is 2.45. The van der Waals surface area contributed by atoms with E-state index < -0.39 is 5.97 Å². The predicted molar refractivity (Wildman–Crippen MR) is 71.8 cm³/mol. The summed E-state index contributed by atoms with van der Waals surface area (Å²) in [5.41, 5.74) is 0.282. The number of hydrogen-bond donors (Lipinski definition) is 1. The van der Waals surface area contributed by atoms with Crippen LogP contribution in [0.3, 0.4) is 0 Å². The van der Waals surface area contributed by atoms with E-state index >= 15 is 0 Å². The van der Waals surface area contributed by atoms with Gasteiger partial charge in [-0.05, 0) is 12.1 Å². The number of rotatable bonds is 4. The Labute approximate surface area is 112 Å². The first-order valence-corrected chi connectivity index (χ1v) is 6.72. The quantitative estimate of drug-likeness (QED) is 0.928. The van der Waals surface area contributed by atoms with Crippen LogP contribution in [-0.2, 0) is 0 Å². The number of aromatic nitrogens is 2. The van der Waals surface area contributed by atoms with E-state index in [0.29, 0.717) is 4.90 Å². The molecule has 0 aliphatic heterocycles. The zero-order valence-corrected chi connectivity index (χ0v) is 11.5. The van der Waals surface area contributed by atoms with Crippen molar-refractivity contribution in [1.82, 2.24) is 10.2 Å². The number of aromatic carboxylic acids is 1. The van der Waals surface area contributed by atoms with Gasteiger partial charge in [-0.15, -0.1) is 10.2 Å². The third-order valence-corrected chi connectivity index (χ3v) is 4.31. The smallest absolute Gasteiger partial charge is 0.336 e. The average molecular weight is 281 g/mol. The Hall–Kier alpha value is -1.60. The first-order valence-electron chi connectivity index (χ1n) is 5.09. The number of hydrogen-bond acceptors (Lipinski definition) is 6. The monoisotopic (exact) mass is 281 g/mol. The van der Waals surface area contributed by atoms with Gasteiger partial charge in [-0.3, -0.25) is 0 Å². The largest absolute Gasteiger partial charge is 0.478 e. The number of anilines is 1. The lowest BCUT2D eigenvalue weighted by Crippen LogP contribution is -2.07. The molecule has 0 amide bonds. The number of nitrogens with zero attached hydrogens (tertiary/aromatic N) is 3. The SMILES string of the molecule is CN(C)c1nnc(Sc2ccccc2C(=O)O)s1. The van der Waals surface area contributed by atoms with Crippen molar-refractivity contribution in [1.29, 1.82) is 0 Å². The van der Waals surface area contributed by atoms with Gasteiger partial charge in [-0.1, -0.05) is 35.2 Å². The van der Waals surface area contributed by atoms with Crippen molar-refractivity contribution in [3.05, 3.63) is 29.8 Å². The number of carboxylic acids is 1. The van der Waals surface area contributed by atoms with Crippen molar-refractivity contribution in [3.63, 3.8) is 0 Å². The summed E-state index contributed by atoms with van der Waals surface area (Å²) in [5.74, 6) is -0.935. The molecular formula is C11H11N3O2S2. The molecule has 1 heterocycles. The van der Waals surface area contributed by atoms with Crippen molar-refractivity contribution >= 4 is 34.2 Å². The Morgan fingerprint density at radius 1 is 1.33 bits per heavy atom. The Balaban J connectivity index is 2.25. The molecule has 0 atom stereocenters. The van der Waals surface area contributed by atoms with Crippen molar-refractivity contribution in [2.45, 2.75) is 9.24 Å². The molecule has 18 heavy (non-hydrogen) atoms. The van der Waals surface area contributed by atoms with Crippen molar-refractivity contribution in [3.8, 4) is 0 Å². The molecule has 0 unspecified atom stereocenters. The van der Waals surface area contributed by atoms with E-state index in [1.54, 1.807) is 18.2 Å². The van der Waals surface area contributed by atoms with Crippen molar-refractivity contribution in [2.75, 3.05) is 19.0 Å². The molecule has 1 N–H and O–H groups in total. The van der Waals surface area contributed by atoms with Gasteiger partial charge in [0.05, 0.1) is 5.56 Å². The van der Waals surface area contributed by atoms with Gasteiger partial charge in [0, 0.05) is 19.0 Å². The van der Waals surface area contributed by atoms with E-state index in [1.165, 1.54) is 23.1 Å². The van der Waals surface area contributed by atoms with Gasteiger partial charge in [-0.2, -0.15) is 0 Å². The van der Waals surface area contributed by atoms with Crippen LogP contribution in [0.5, 0.6) is 0 Å². The summed E-state index contributed by atoms with van der Waals surface area (Å²) >= 11 is 2.75. The van der Waals surface area contributed by atoms with Gasteiger partial charge in [0.2, 0.25) is 5.13 Å². The molecule has 0 saturated heterocycles. The minimum Gasteiger partial charge on any atom is -0.478 e. The summed E-state index contributed by atoms with van der Waals surface area (Å²) in [4.78, 5) is 13.6. The third kappa shape index (κ3) is 2.80.